The molecule has 0 radical (unpaired) electrons. The lowest BCUT2D eigenvalue weighted by Gasteiger charge is -2.14. The molecule has 0 saturated carbocycles. The van der Waals surface area contributed by atoms with Gasteiger partial charge in [-0.3, -0.25) is 0 Å². The summed E-state index contributed by atoms with van der Waals surface area (Å²) < 4.78 is 0. The second kappa shape index (κ2) is 23.8. The van der Waals surface area contributed by atoms with Crippen LogP contribution in [0.2, 0.25) is 0 Å². The lowest BCUT2D eigenvalue weighted by molar-refractivity contribution is 0.397. The van der Waals surface area contributed by atoms with Crippen LogP contribution >= 0.6 is 0 Å². The minimum Gasteiger partial charge on any atom is -0.0885 e. The van der Waals surface area contributed by atoms with Crippen LogP contribution < -0.4 is 0 Å². The van der Waals surface area contributed by atoms with E-state index in [1.54, 1.807) is 0 Å². The van der Waals surface area contributed by atoms with Crippen LogP contribution in [0.15, 0.2) is 12.2 Å². The highest BCUT2D eigenvalue weighted by molar-refractivity contribution is 4.81. The molecule has 0 aromatic carbocycles. The molecule has 27 heavy (non-hydrogen) atoms. The molecule has 0 aromatic rings. The minimum atomic E-state index is 0.998. The van der Waals surface area contributed by atoms with Crippen LogP contribution in [0.3, 0.4) is 0 Å². The first-order valence-corrected chi connectivity index (χ1v) is 13.0. The van der Waals surface area contributed by atoms with Crippen LogP contribution in [0.25, 0.3) is 0 Å². The molecule has 0 rings (SSSR count). The van der Waals surface area contributed by atoms with Gasteiger partial charge in [-0.2, -0.15) is 0 Å². The van der Waals surface area contributed by atoms with Crippen molar-refractivity contribution in [2.24, 2.45) is 5.92 Å². The average Bonchev–Trinajstić information content (AvgIpc) is 2.69. The van der Waals surface area contributed by atoms with E-state index in [0.717, 1.165) is 5.92 Å². The fourth-order valence-corrected chi connectivity index (χ4v) is 4.09. The highest BCUT2D eigenvalue weighted by Crippen LogP contribution is 2.21. The van der Waals surface area contributed by atoms with E-state index in [0.29, 0.717) is 0 Å². The third-order valence-electron chi connectivity index (χ3n) is 6.17. The minimum absolute atomic E-state index is 0.998. The Balaban J connectivity index is 3.33. The first-order valence-electron chi connectivity index (χ1n) is 13.0. The second-order valence-corrected chi connectivity index (χ2v) is 8.85. The summed E-state index contributed by atoms with van der Waals surface area (Å²) in [6.07, 6.45) is 34.8. The van der Waals surface area contributed by atoms with Gasteiger partial charge in [-0.25, -0.2) is 0 Å². The molecule has 0 N–H and O–H groups in total. The fraction of sp³-hybridized carbons (Fsp3) is 0.926. The molecule has 0 aliphatic heterocycles. The molecule has 162 valence electrons. The fourth-order valence-electron chi connectivity index (χ4n) is 4.09. The van der Waals surface area contributed by atoms with Crippen LogP contribution in [0, 0.1) is 5.92 Å². The van der Waals surface area contributed by atoms with Gasteiger partial charge >= 0.3 is 0 Å². The third kappa shape index (κ3) is 21.9. The van der Waals surface area contributed by atoms with Crippen LogP contribution in [-0.2, 0) is 0 Å². The molecule has 0 aliphatic rings. The Labute approximate surface area is 174 Å². The smallest absolute Gasteiger partial charge is 0.0351 e. The molecule has 0 amide bonds. The van der Waals surface area contributed by atoms with Gasteiger partial charge in [0.2, 0.25) is 0 Å². The van der Waals surface area contributed by atoms with Gasteiger partial charge in [0.1, 0.15) is 0 Å². The Morgan fingerprint density at radius 3 is 1.30 bits per heavy atom. The van der Waals surface area contributed by atoms with Gasteiger partial charge in [-0.05, 0) is 31.6 Å². The first-order chi connectivity index (χ1) is 13.3. The topological polar surface area (TPSA) is 0 Å². The van der Waals surface area contributed by atoms with Gasteiger partial charge in [0, 0.05) is 0 Å². The molecular formula is C27H54. The van der Waals surface area contributed by atoms with E-state index in [-0.39, 0.29) is 0 Å². The van der Waals surface area contributed by atoms with Gasteiger partial charge in [0.05, 0.1) is 0 Å². The Hall–Kier alpha value is -0.260. The molecule has 0 heteroatoms. The molecule has 0 aromatic heterocycles. The monoisotopic (exact) mass is 378 g/mol. The standard InChI is InChI=1S/C27H54/c1-4-7-9-11-13-14-15-16-17-18-19-20-22-24-26-27(6-3)25-23-21-12-10-8-5-2/h18-19,27H,4-17,20-26H2,1-3H3. The van der Waals surface area contributed by atoms with Gasteiger partial charge < -0.3 is 0 Å². The Bertz CT molecular complexity index is 278. The van der Waals surface area contributed by atoms with Gasteiger partial charge in [-0.1, -0.05) is 142 Å². The van der Waals surface area contributed by atoms with Crippen LogP contribution in [0.5, 0.6) is 0 Å². The molecule has 0 bridgehead atoms. The Kier molecular flexibility index (Phi) is 23.5. The molecule has 0 fully saturated rings. The number of hydrogen-bond donors (Lipinski definition) is 0. The molecule has 0 spiro atoms. The largest absolute Gasteiger partial charge is 0.0885 e. The van der Waals surface area contributed by atoms with Crippen LogP contribution in [0.1, 0.15) is 156 Å². The lowest BCUT2D eigenvalue weighted by atomic mass is 9.92. The highest BCUT2D eigenvalue weighted by atomic mass is 14.1. The predicted molar refractivity (Wildman–Crippen MR) is 127 cm³/mol. The van der Waals surface area contributed by atoms with E-state index in [1.807, 2.05) is 0 Å². The predicted octanol–water partition coefficient (Wildman–Crippen LogP) is 10.4. The number of rotatable bonds is 22. The summed E-state index contributed by atoms with van der Waals surface area (Å²) in [6, 6.07) is 0. The summed E-state index contributed by atoms with van der Waals surface area (Å²) in [5, 5.41) is 0. The zero-order valence-corrected chi connectivity index (χ0v) is 19.6. The maximum absolute atomic E-state index is 2.45. The van der Waals surface area contributed by atoms with Gasteiger partial charge in [0.25, 0.3) is 0 Å². The van der Waals surface area contributed by atoms with E-state index in [9.17, 15) is 0 Å². The van der Waals surface area contributed by atoms with Crippen LogP contribution in [-0.4, -0.2) is 0 Å². The average molecular weight is 379 g/mol. The number of unbranched alkanes of at least 4 members (excludes halogenated alkanes) is 15. The molecule has 0 saturated heterocycles. The summed E-state index contributed by atoms with van der Waals surface area (Å²) in [6.45, 7) is 7.00. The molecule has 1 atom stereocenters. The maximum Gasteiger partial charge on any atom is -0.0351 e. The van der Waals surface area contributed by atoms with Gasteiger partial charge in [-0.15, -0.1) is 0 Å². The van der Waals surface area contributed by atoms with E-state index >= 15 is 0 Å². The van der Waals surface area contributed by atoms with Crippen molar-refractivity contribution in [3.63, 3.8) is 0 Å². The summed E-state index contributed by atoms with van der Waals surface area (Å²) in [5.74, 6) is 0.998. The summed E-state index contributed by atoms with van der Waals surface area (Å²) in [5.41, 5.74) is 0. The number of hydrogen-bond acceptors (Lipinski definition) is 0. The first kappa shape index (κ1) is 26.7. The van der Waals surface area contributed by atoms with Crippen molar-refractivity contribution >= 4 is 0 Å². The van der Waals surface area contributed by atoms with Crippen molar-refractivity contribution in [1.29, 1.82) is 0 Å². The van der Waals surface area contributed by atoms with E-state index in [2.05, 4.69) is 32.9 Å². The quantitative estimate of drug-likeness (QED) is 0.130. The van der Waals surface area contributed by atoms with E-state index in [4.69, 9.17) is 0 Å². The molecule has 0 nitrogen and oxygen atoms in total. The summed E-state index contributed by atoms with van der Waals surface area (Å²) in [4.78, 5) is 0. The zero-order valence-electron chi connectivity index (χ0n) is 19.6. The summed E-state index contributed by atoms with van der Waals surface area (Å²) in [7, 11) is 0. The lowest BCUT2D eigenvalue weighted by Crippen LogP contribution is -1.99. The molecule has 0 heterocycles. The third-order valence-corrected chi connectivity index (χ3v) is 6.17. The van der Waals surface area contributed by atoms with Crippen molar-refractivity contribution in [1.82, 2.24) is 0 Å². The summed E-state index contributed by atoms with van der Waals surface area (Å²) >= 11 is 0. The zero-order chi connectivity index (χ0) is 19.8. The maximum atomic E-state index is 2.45. The SMILES string of the molecule is CCCCCCCCCCC=CCCCCC(CC)CCCCCCCC. The van der Waals surface area contributed by atoms with Crippen molar-refractivity contribution in [3.05, 3.63) is 12.2 Å². The van der Waals surface area contributed by atoms with Crippen molar-refractivity contribution in [3.8, 4) is 0 Å². The van der Waals surface area contributed by atoms with Crippen molar-refractivity contribution in [2.75, 3.05) is 0 Å². The van der Waals surface area contributed by atoms with Crippen molar-refractivity contribution < 1.29 is 0 Å². The highest BCUT2D eigenvalue weighted by Gasteiger charge is 2.05. The van der Waals surface area contributed by atoms with Crippen LogP contribution in [0.4, 0.5) is 0 Å². The Morgan fingerprint density at radius 2 is 0.815 bits per heavy atom. The van der Waals surface area contributed by atoms with E-state index in [1.165, 1.54) is 135 Å². The van der Waals surface area contributed by atoms with E-state index < -0.39 is 0 Å². The molecule has 0 aliphatic carbocycles. The van der Waals surface area contributed by atoms with Crippen molar-refractivity contribution in [2.45, 2.75) is 156 Å². The molecule has 1 unspecified atom stereocenters. The number of allylic oxidation sites excluding steroid dienone is 2. The Morgan fingerprint density at radius 1 is 0.444 bits per heavy atom. The molecular weight excluding hydrogens is 324 g/mol. The normalized spacial score (nSPS) is 12.9. The van der Waals surface area contributed by atoms with Gasteiger partial charge in [0.15, 0.2) is 0 Å². The second-order valence-electron chi connectivity index (χ2n) is 8.85.